The summed E-state index contributed by atoms with van der Waals surface area (Å²) in [5.41, 5.74) is 0. The zero-order valence-electron chi connectivity index (χ0n) is 10.9. The predicted octanol–water partition coefficient (Wildman–Crippen LogP) is 0.539. The highest BCUT2D eigenvalue weighted by molar-refractivity contribution is 5.74. The van der Waals surface area contributed by atoms with Gasteiger partial charge in [0.2, 0.25) is 0 Å². The Kier molecular flexibility index (Phi) is 6.49. The van der Waals surface area contributed by atoms with E-state index in [-0.39, 0.29) is 6.03 Å². The minimum atomic E-state index is -0.830. The number of hydrogen-bond acceptors (Lipinski definition) is 3. The molecule has 4 N–H and O–H groups in total. The van der Waals surface area contributed by atoms with E-state index in [0.717, 1.165) is 13.0 Å². The van der Waals surface area contributed by atoms with Gasteiger partial charge in [0.05, 0.1) is 5.92 Å². The lowest BCUT2D eigenvalue weighted by Gasteiger charge is -2.09. The molecule has 1 unspecified atom stereocenters. The average Bonchev–Trinajstić information content (AvgIpc) is 3.12. The van der Waals surface area contributed by atoms with E-state index in [0.29, 0.717) is 25.6 Å². The van der Waals surface area contributed by atoms with Crippen molar-refractivity contribution in [3.63, 3.8) is 0 Å². The molecule has 1 aliphatic carbocycles. The zero-order chi connectivity index (χ0) is 13.4. The Morgan fingerprint density at radius 3 is 2.50 bits per heavy atom. The summed E-state index contributed by atoms with van der Waals surface area (Å²) in [6.07, 6.45) is 3.91. The van der Waals surface area contributed by atoms with Crippen LogP contribution in [0.5, 0.6) is 0 Å². The third kappa shape index (κ3) is 7.11. The lowest BCUT2D eigenvalue weighted by atomic mass is 10.1. The first-order chi connectivity index (χ1) is 8.59. The number of nitrogens with one attached hydrogen (secondary N) is 3. The molecule has 6 heteroatoms. The molecule has 0 aromatic heterocycles. The fraction of sp³-hybridized carbons (Fsp3) is 0.833. The van der Waals surface area contributed by atoms with Gasteiger partial charge in [0.15, 0.2) is 0 Å². The number of carbonyl (C=O) groups is 2. The van der Waals surface area contributed by atoms with Crippen LogP contribution in [0, 0.1) is 5.92 Å². The summed E-state index contributed by atoms with van der Waals surface area (Å²) in [7, 11) is 0. The molecule has 1 rings (SSSR count). The summed E-state index contributed by atoms with van der Waals surface area (Å²) >= 11 is 0. The van der Waals surface area contributed by atoms with E-state index in [4.69, 9.17) is 5.11 Å². The Labute approximate surface area is 108 Å². The van der Waals surface area contributed by atoms with Gasteiger partial charge >= 0.3 is 12.0 Å². The first-order valence-electron chi connectivity index (χ1n) is 6.57. The molecule has 0 saturated heterocycles. The summed E-state index contributed by atoms with van der Waals surface area (Å²) in [6.45, 7) is 3.59. The van der Waals surface area contributed by atoms with Gasteiger partial charge in [0.1, 0.15) is 0 Å². The highest BCUT2D eigenvalue weighted by Crippen LogP contribution is 2.18. The van der Waals surface area contributed by atoms with Crippen molar-refractivity contribution in [2.45, 2.75) is 38.6 Å². The van der Waals surface area contributed by atoms with Crippen LogP contribution in [0.25, 0.3) is 0 Å². The topological polar surface area (TPSA) is 90.5 Å². The van der Waals surface area contributed by atoms with E-state index in [9.17, 15) is 9.59 Å². The molecule has 0 radical (unpaired) electrons. The van der Waals surface area contributed by atoms with Gasteiger partial charge in [0.25, 0.3) is 0 Å². The minimum absolute atomic E-state index is 0.223. The van der Waals surface area contributed by atoms with Gasteiger partial charge in [-0.15, -0.1) is 0 Å². The SMILES string of the molecule is CC(CCNC(=O)NCCCNC1CC1)C(=O)O. The Bertz CT molecular complexity index is 280. The molecule has 0 heterocycles. The number of carboxylic acids is 1. The largest absolute Gasteiger partial charge is 0.481 e. The van der Waals surface area contributed by atoms with Crippen molar-refractivity contribution in [3.05, 3.63) is 0 Å². The van der Waals surface area contributed by atoms with Crippen molar-refractivity contribution in [2.24, 2.45) is 5.92 Å². The van der Waals surface area contributed by atoms with Crippen LogP contribution in [0.1, 0.15) is 32.6 Å². The number of hydrogen-bond donors (Lipinski definition) is 4. The molecular formula is C12H23N3O3. The van der Waals surface area contributed by atoms with E-state index in [1.54, 1.807) is 6.92 Å². The second kappa shape index (κ2) is 7.92. The molecule has 6 nitrogen and oxygen atoms in total. The van der Waals surface area contributed by atoms with Crippen LogP contribution in [0.4, 0.5) is 4.79 Å². The fourth-order valence-corrected chi connectivity index (χ4v) is 1.47. The normalized spacial score (nSPS) is 16.1. The lowest BCUT2D eigenvalue weighted by Crippen LogP contribution is -2.38. The maximum absolute atomic E-state index is 11.3. The van der Waals surface area contributed by atoms with Crippen LogP contribution in [0.2, 0.25) is 0 Å². The van der Waals surface area contributed by atoms with E-state index in [2.05, 4.69) is 16.0 Å². The Hall–Kier alpha value is -1.30. The quantitative estimate of drug-likeness (QED) is 0.454. The van der Waals surface area contributed by atoms with Gasteiger partial charge < -0.3 is 21.1 Å². The fourth-order valence-electron chi connectivity index (χ4n) is 1.47. The molecule has 2 amide bonds. The minimum Gasteiger partial charge on any atom is -0.481 e. The van der Waals surface area contributed by atoms with Crippen molar-refractivity contribution in [1.82, 2.24) is 16.0 Å². The molecule has 104 valence electrons. The van der Waals surface area contributed by atoms with Gasteiger partial charge in [-0.1, -0.05) is 6.92 Å². The number of urea groups is 1. The van der Waals surface area contributed by atoms with Crippen molar-refractivity contribution in [1.29, 1.82) is 0 Å². The summed E-state index contributed by atoms with van der Waals surface area (Å²) in [4.78, 5) is 21.9. The Balaban J connectivity index is 1.88. The number of amides is 2. The molecule has 1 fully saturated rings. The van der Waals surface area contributed by atoms with Crippen molar-refractivity contribution < 1.29 is 14.7 Å². The van der Waals surface area contributed by atoms with Crippen LogP contribution in [0.3, 0.4) is 0 Å². The first-order valence-corrected chi connectivity index (χ1v) is 6.57. The van der Waals surface area contributed by atoms with Gasteiger partial charge in [-0.3, -0.25) is 4.79 Å². The van der Waals surface area contributed by atoms with Crippen molar-refractivity contribution >= 4 is 12.0 Å². The molecule has 18 heavy (non-hydrogen) atoms. The van der Waals surface area contributed by atoms with E-state index in [1.165, 1.54) is 12.8 Å². The number of aliphatic carboxylic acids is 1. The molecule has 1 aliphatic rings. The highest BCUT2D eigenvalue weighted by Gasteiger charge is 2.19. The van der Waals surface area contributed by atoms with Crippen LogP contribution in [-0.4, -0.2) is 42.8 Å². The Morgan fingerprint density at radius 2 is 1.89 bits per heavy atom. The van der Waals surface area contributed by atoms with E-state index in [1.807, 2.05) is 0 Å². The molecule has 0 spiro atoms. The van der Waals surface area contributed by atoms with Crippen LogP contribution in [0.15, 0.2) is 0 Å². The number of carboxylic acid groups (broad SMARTS) is 1. The summed E-state index contributed by atoms with van der Waals surface area (Å²) in [5, 5.41) is 17.4. The van der Waals surface area contributed by atoms with Gasteiger partial charge in [0, 0.05) is 19.1 Å². The number of rotatable bonds is 9. The maximum atomic E-state index is 11.3. The Morgan fingerprint density at radius 1 is 1.22 bits per heavy atom. The first kappa shape index (κ1) is 14.8. The van der Waals surface area contributed by atoms with Crippen molar-refractivity contribution in [3.8, 4) is 0 Å². The average molecular weight is 257 g/mol. The van der Waals surface area contributed by atoms with Crippen molar-refractivity contribution in [2.75, 3.05) is 19.6 Å². The smallest absolute Gasteiger partial charge is 0.314 e. The third-order valence-corrected chi connectivity index (χ3v) is 2.93. The second-order valence-corrected chi connectivity index (χ2v) is 4.79. The van der Waals surface area contributed by atoms with Gasteiger partial charge in [-0.05, 0) is 32.2 Å². The predicted molar refractivity (Wildman–Crippen MR) is 68.5 cm³/mol. The second-order valence-electron chi connectivity index (χ2n) is 4.79. The summed E-state index contributed by atoms with van der Waals surface area (Å²) < 4.78 is 0. The molecule has 0 bridgehead atoms. The third-order valence-electron chi connectivity index (χ3n) is 2.93. The lowest BCUT2D eigenvalue weighted by molar-refractivity contribution is -0.141. The highest BCUT2D eigenvalue weighted by atomic mass is 16.4. The summed E-state index contributed by atoms with van der Waals surface area (Å²) in [6, 6.07) is 0.482. The van der Waals surface area contributed by atoms with E-state index >= 15 is 0 Å². The maximum Gasteiger partial charge on any atom is 0.314 e. The van der Waals surface area contributed by atoms with Crippen LogP contribution < -0.4 is 16.0 Å². The molecule has 0 aromatic carbocycles. The van der Waals surface area contributed by atoms with Crippen LogP contribution >= 0.6 is 0 Å². The monoisotopic (exact) mass is 257 g/mol. The molecular weight excluding hydrogens is 234 g/mol. The standard InChI is InChI=1S/C12H23N3O3/c1-9(11(16)17)5-8-15-12(18)14-7-2-6-13-10-3-4-10/h9-10,13H,2-8H2,1H3,(H,16,17)(H2,14,15,18). The van der Waals surface area contributed by atoms with Crippen LogP contribution in [-0.2, 0) is 4.79 Å². The number of carbonyl (C=O) groups excluding carboxylic acids is 1. The van der Waals surface area contributed by atoms with Gasteiger partial charge in [-0.2, -0.15) is 0 Å². The van der Waals surface area contributed by atoms with E-state index < -0.39 is 11.9 Å². The zero-order valence-corrected chi connectivity index (χ0v) is 10.9. The summed E-state index contributed by atoms with van der Waals surface area (Å²) in [5.74, 6) is -1.25. The molecule has 0 aliphatic heterocycles. The molecule has 1 saturated carbocycles. The van der Waals surface area contributed by atoms with Gasteiger partial charge in [-0.25, -0.2) is 4.79 Å². The molecule has 0 aromatic rings. The molecule has 1 atom stereocenters.